The van der Waals surface area contributed by atoms with Gasteiger partial charge in [-0.25, -0.2) is 0 Å². The molecule has 0 aromatic heterocycles. The topological polar surface area (TPSA) is 15.3 Å². The van der Waals surface area contributed by atoms with Gasteiger partial charge in [0.2, 0.25) is 0 Å². The molecule has 0 aromatic rings. The van der Waals surface area contributed by atoms with Crippen LogP contribution >= 0.6 is 0 Å². The monoisotopic (exact) mass is 266 g/mol. The summed E-state index contributed by atoms with van der Waals surface area (Å²) in [6.45, 7) is 15.7. The van der Waals surface area contributed by atoms with Crippen LogP contribution in [0.4, 0.5) is 0 Å². The SMILES string of the molecule is CCCCCN1CC(C)(C2CC2)NCC1C(C)(C)C. The summed E-state index contributed by atoms with van der Waals surface area (Å²) < 4.78 is 0. The number of rotatable bonds is 5. The molecule has 2 aliphatic rings. The minimum absolute atomic E-state index is 0.379. The number of nitrogens with zero attached hydrogens (tertiary/aromatic N) is 1. The Morgan fingerprint density at radius 1 is 1.21 bits per heavy atom. The van der Waals surface area contributed by atoms with Crippen molar-refractivity contribution in [2.45, 2.75) is 78.3 Å². The maximum atomic E-state index is 3.89. The van der Waals surface area contributed by atoms with Gasteiger partial charge in [-0.3, -0.25) is 4.90 Å². The molecule has 2 fully saturated rings. The Morgan fingerprint density at radius 2 is 1.89 bits per heavy atom. The molecule has 2 unspecified atom stereocenters. The molecular formula is C17H34N2. The van der Waals surface area contributed by atoms with E-state index in [1.54, 1.807) is 0 Å². The van der Waals surface area contributed by atoms with Crippen molar-refractivity contribution >= 4 is 0 Å². The smallest absolute Gasteiger partial charge is 0.0309 e. The van der Waals surface area contributed by atoms with E-state index in [1.807, 2.05) is 0 Å². The molecule has 1 saturated heterocycles. The fraction of sp³-hybridized carbons (Fsp3) is 1.00. The minimum atomic E-state index is 0.379. The molecule has 1 N–H and O–H groups in total. The standard InChI is InChI=1S/C17H34N2/c1-6-7-8-11-19-13-17(5,14-9-10-14)18-12-15(19)16(2,3)4/h14-15,18H,6-13H2,1-5H3. The van der Waals surface area contributed by atoms with Crippen LogP contribution in [0.5, 0.6) is 0 Å². The van der Waals surface area contributed by atoms with Crippen molar-refractivity contribution in [1.82, 2.24) is 10.2 Å². The van der Waals surface area contributed by atoms with Crippen LogP contribution in [0.3, 0.4) is 0 Å². The van der Waals surface area contributed by atoms with Gasteiger partial charge in [0.15, 0.2) is 0 Å². The first kappa shape index (κ1) is 15.3. The van der Waals surface area contributed by atoms with Crippen LogP contribution in [-0.2, 0) is 0 Å². The average Bonchev–Trinajstić information content (AvgIpc) is 3.11. The molecule has 1 saturated carbocycles. The normalized spacial score (nSPS) is 33.6. The fourth-order valence-electron chi connectivity index (χ4n) is 3.69. The Morgan fingerprint density at radius 3 is 2.42 bits per heavy atom. The van der Waals surface area contributed by atoms with Crippen LogP contribution in [0.15, 0.2) is 0 Å². The van der Waals surface area contributed by atoms with Gasteiger partial charge in [-0.1, -0.05) is 40.5 Å². The van der Waals surface area contributed by atoms with Gasteiger partial charge in [0, 0.05) is 24.7 Å². The molecular weight excluding hydrogens is 232 g/mol. The average molecular weight is 266 g/mol. The zero-order valence-corrected chi connectivity index (χ0v) is 13.8. The maximum absolute atomic E-state index is 3.89. The summed E-state index contributed by atoms with van der Waals surface area (Å²) in [5.41, 5.74) is 0.762. The minimum Gasteiger partial charge on any atom is -0.308 e. The zero-order valence-electron chi connectivity index (χ0n) is 13.8. The highest BCUT2D eigenvalue weighted by Gasteiger charge is 2.47. The van der Waals surface area contributed by atoms with Crippen molar-refractivity contribution in [3.63, 3.8) is 0 Å². The first-order valence-corrected chi connectivity index (χ1v) is 8.36. The van der Waals surface area contributed by atoms with E-state index in [9.17, 15) is 0 Å². The van der Waals surface area contributed by atoms with Crippen molar-refractivity contribution in [3.05, 3.63) is 0 Å². The van der Waals surface area contributed by atoms with E-state index in [-0.39, 0.29) is 0 Å². The molecule has 0 spiro atoms. The lowest BCUT2D eigenvalue weighted by Gasteiger charge is -2.51. The lowest BCUT2D eigenvalue weighted by atomic mass is 9.80. The van der Waals surface area contributed by atoms with Crippen molar-refractivity contribution in [2.24, 2.45) is 11.3 Å². The van der Waals surface area contributed by atoms with Gasteiger partial charge < -0.3 is 5.32 Å². The van der Waals surface area contributed by atoms with E-state index in [4.69, 9.17) is 0 Å². The highest BCUT2D eigenvalue weighted by atomic mass is 15.3. The van der Waals surface area contributed by atoms with Crippen molar-refractivity contribution in [2.75, 3.05) is 19.6 Å². The van der Waals surface area contributed by atoms with E-state index >= 15 is 0 Å². The van der Waals surface area contributed by atoms with Gasteiger partial charge in [-0.2, -0.15) is 0 Å². The lowest BCUT2D eigenvalue weighted by molar-refractivity contribution is 0.0193. The van der Waals surface area contributed by atoms with Crippen molar-refractivity contribution in [1.29, 1.82) is 0 Å². The number of hydrogen-bond acceptors (Lipinski definition) is 2. The summed E-state index contributed by atoms with van der Waals surface area (Å²) in [7, 11) is 0. The quantitative estimate of drug-likeness (QED) is 0.764. The number of hydrogen-bond donors (Lipinski definition) is 1. The van der Waals surface area contributed by atoms with Gasteiger partial charge in [0.1, 0.15) is 0 Å². The summed E-state index contributed by atoms with van der Waals surface area (Å²) >= 11 is 0. The van der Waals surface area contributed by atoms with Crippen LogP contribution in [-0.4, -0.2) is 36.1 Å². The highest BCUT2D eigenvalue weighted by molar-refractivity contribution is 5.05. The molecule has 19 heavy (non-hydrogen) atoms. The van der Waals surface area contributed by atoms with Gasteiger partial charge in [-0.15, -0.1) is 0 Å². The molecule has 1 aliphatic heterocycles. The highest BCUT2D eigenvalue weighted by Crippen LogP contribution is 2.42. The van der Waals surface area contributed by atoms with Gasteiger partial charge in [0.05, 0.1) is 0 Å². The summed E-state index contributed by atoms with van der Waals surface area (Å²) in [5, 5.41) is 3.89. The number of unbranched alkanes of at least 4 members (excludes halogenated alkanes) is 2. The summed E-state index contributed by atoms with van der Waals surface area (Å²) in [4.78, 5) is 2.80. The Bertz CT molecular complexity index is 290. The second-order valence-electron chi connectivity index (χ2n) is 8.13. The Hall–Kier alpha value is -0.0800. The lowest BCUT2D eigenvalue weighted by Crippen LogP contribution is -2.66. The van der Waals surface area contributed by atoms with E-state index < -0.39 is 0 Å². The molecule has 112 valence electrons. The van der Waals surface area contributed by atoms with Crippen LogP contribution in [0, 0.1) is 11.3 Å². The van der Waals surface area contributed by atoms with Crippen LogP contribution in [0.2, 0.25) is 0 Å². The van der Waals surface area contributed by atoms with Crippen molar-refractivity contribution in [3.8, 4) is 0 Å². The number of piperazine rings is 1. The number of nitrogens with one attached hydrogen (secondary N) is 1. The van der Waals surface area contributed by atoms with E-state index in [2.05, 4.69) is 44.8 Å². The van der Waals surface area contributed by atoms with Crippen LogP contribution in [0.1, 0.15) is 66.7 Å². The third-order valence-corrected chi connectivity index (χ3v) is 5.20. The van der Waals surface area contributed by atoms with E-state index in [0.29, 0.717) is 17.0 Å². The molecule has 2 nitrogen and oxygen atoms in total. The summed E-state index contributed by atoms with van der Waals surface area (Å²) in [6, 6.07) is 0.691. The second-order valence-corrected chi connectivity index (χ2v) is 8.13. The molecule has 2 heteroatoms. The van der Waals surface area contributed by atoms with Gasteiger partial charge in [-0.05, 0) is 44.1 Å². The zero-order chi connectivity index (χ0) is 14.1. The first-order chi connectivity index (χ1) is 8.87. The fourth-order valence-corrected chi connectivity index (χ4v) is 3.69. The van der Waals surface area contributed by atoms with E-state index in [0.717, 1.165) is 5.92 Å². The summed E-state index contributed by atoms with van der Waals surface area (Å²) in [6.07, 6.45) is 6.94. The van der Waals surface area contributed by atoms with Crippen LogP contribution < -0.4 is 5.32 Å². The molecule has 1 aliphatic carbocycles. The molecule has 2 rings (SSSR count). The maximum Gasteiger partial charge on any atom is 0.0309 e. The largest absolute Gasteiger partial charge is 0.308 e. The third-order valence-electron chi connectivity index (χ3n) is 5.20. The molecule has 0 radical (unpaired) electrons. The van der Waals surface area contributed by atoms with Crippen LogP contribution in [0.25, 0.3) is 0 Å². The van der Waals surface area contributed by atoms with Gasteiger partial charge in [0.25, 0.3) is 0 Å². The predicted molar refractivity (Wildman–Crippen MR) is 83.5 cm³/mol. The molecule has 0 amide bonds. The Kier molecular flexibility index (Phi) is 4.62. The predicted octanol–water partition coefficient (Wildman–Crippen LogP) is 3.67. The van der Waals surface area contributed by atoms with E-state index in [1.165, 1.54) is 51.7 Å². The second kappa shape index (κ2) is 5.73. The molecule has 2 atom stereocenters. The first-order valence-electron chi connectivity index (χ1n) is 8.36. The molecule has 0 bridgehead atoms. The summed E-state index contributed by atoms with van der Waals surface area (Å²) in [5.74, 6) is 0.932. The molecule has 0 aromatic carbocycles. The van der Waals surface area contributed by atoms with Crippen molar-refractivity contribution < 1.29 is 0 Å². The Balaban J connectivity index is 2.00. The van der Waals surface area contributed by atoms with Gasteiger partial charge >= 0.3 is 0 Å². The molecule has 1 heterocycles. The Labute approximate surface area is 120 Å². The third kappa shape index (κ3) is 3.72.